The van der Waals surface area contributed by atoms with Gasteiger partial charge in [-0.2, -0.15) is 0 Å². The summed E-state index contributed by atoms with van der Waals surface area (Å²) in [4.78, 5) is 18.5. The average molecular weight is 321 g/mol. The van der Waals surface area contributed by atoms with Crippen LogP contribution in [0.15, 0.2) is 35.1 Å². The zero-order chi connectivity index (χ0) is 15.5. The van der Waals surface area contributed by atoms with Crippen molar-refractivity contribution in [3.05, 3.63) is 41.4 Å². The van der Waals surface area contributed by atoms with E-state index in [1.807, 2.05) is 12.1 Å². The van der Waals surface area contributed by atoms with Crippen molar-refractivity contribution < 1.29 is 14.3 Å². The molecule has 1 saturated heterocycles. The van der Waals surface area contributed by atoms with E-state index < -0.39 is 0 Å². The Hall–Kier alpha value is -1.85. The van der Waals surface area contributed by atoms with Gasteiger partial charge in [0.25, 0.3) is 5.91 Å². The average Bonchev–Trinajstić information content (AvgIpc) is 3.04. The molecule has 1 aromatic heterocycles. The van der Waals surface area contributed by atoms with Gasteiger partial charge in [-0.3, -0.25) is 4.79 Å². The first-order valence-corrected chi connectivity index (χ1v) is 7.67. The summed E-state index contributed by atoms with van der Waals surface area (Å²) >= 11 is 6.18. The number of oxazole rings is 1. The predicted molar refractivity (Wildman–Crippen MR) is 82.7 cm³/mol. The van der Waals surface area contributed by atoms with E-state index in [1.165, 1.54) is 6.39 Å². The lowest BCUT2D eigenvalue weighted by Gasteiger charge is -2.30. The first-order valence-electron chi connectivity index (χ1n) is 7.29. The Morgan fingerprint density at radius 3 is 2.77 bits per heavy atom. The molecule has 1 N–H and O–H groups in total. The number of carbonyl (C=O) groups is 1. The quantitative estimate of drug-likeness (QED) is 0.944. The molecule has 2 heterocycles. The summed E-state index contributed by atoms with van der Waals surface area (Å²) in [7, 11) is 0. The van der Waals surface area contributed by atoms with Crippen molar-refractivity contribution in [1.29, 1.82) is 0 Å². The highest BCUT2D eigenvalue weighted by Crippen LogP contribution is 2.31. The minimum atomic E-state index is -0.153. The van der Waals surface area contributed by atoms with Crippen LogP contribution < -0.4 is 0 Å². The molecule has 5 nitrogen and oxygen atoms in total. The highest BCUT2D eigenvalue weighted by molar-refractivity contribution is 6.33. The number of aromatic nitrogens is 1. The van der Waals surface area contributed by atoms with Gasteiger partial charge in [-0.05, 0) is 30.9 Å². The molecule has 1 fully saturated rings. The highest BCUT2D eigenvalue weighted by atomic mass is 35.5. The van der Waals surface area contributed by atoms with Crippen LogP contribution in [0.4, 0.5) is 0 Å². The van der Waals surface area contributed by atoms with Crippen LogP contribution in [0.1, 0.15) is 23.3 Å². The summed E-state index contributed by atoms with van der Waals surface area (Å²) in [6.07, 6.45) is 2.88. The van der Waals surface area contributed by atoms with Crippen LogP contribution in [0.3, 0.4) is 0 Å². The minimum Gasteiger partial charge on any atom is -0.443 e. The molecule has 0 atom stereocenters. The van der Waals surface area contributed by atoms with Gasteiger partial charge in [0, 0.05) is 25.3 Å². The number of nitrogens with zero attached hydrogens (tertiary/aromatic N) is 2. The normalized spacial score (nSPS) is 16.0. The van der Waals surface area contributed by atoms with Crippen molar-refractivity contribution in [2.75, 3.05) is 19.7 Å². The molecule has 0 aliphatic carbocycles. The Morgan fingerprint density at radius 1 is 1.36 bits per heavy atom. The molecular weight excluding hydrogens is 304 g/mol. The maximum Gasteiger partial charge on any atom is 0.276 e. The monoisotopic (exact) mass is 320 g/mol. The van der Waals surface area contributed by atoms with E-state index in [1.54, 1.807) is 17.0 Å². The first-order chi connectivity index (χ1) is 10.7. The van der Waals surface area contributed by atoms with Crippen LogP contribution in [0, 0.1) is 5.92 Å². The number of likely N-dealkylation sites (tertiary alicyclic amines) is 1. The predicted octanol–water partition coefficient (Wildman–Crippen LogP) is 2.84. The van der Waals surface area contributed by atoms with E-state index in [2.05, 4.69) is 4.98 Å². The van der Waals surface area contributed by atoms with Gasteiger partial charge in [0.2, 0.25) is 0 Å². The van der Waals surface area contributed by atoms with Crippen LogP contribution in [0.25, 0.3) is 11.3 Å². The van der Waals surface area contributed by atoms with E-state index in [4.69, 9.17) is 16.0 Å². The summed E-state index contributed by atoms with van der Waals surface area (Å²) in [6, 6.07) is 7.21. The lowest BCUT2D eigenvalue weighted by atomic mass is 9.97. The molecule has 1 aliphatic heterocycles. The molecule has 0 bridgehead atoms. The van der Waals surface area contributed by atoms with Crippen LogP contribution in [-0.4, -0.2) is 40.6 Å². The molecule has 22 heavy (non-hydrogen) atoms. The molecule has 0 unspecified atom stereocenters. The standard InChI is InChI=1S/C16H17ClN2O3/c17-13-4-2-1-3-12(13)15-14(18-10-22-15)16(21)19-7-5-11(9-20)6-8-19/h1-4,10-11,20H,5-9H2. The maximum absolute atomic E-state index is 12.7. The Kier molecular flexibility index (Phi) is 4.45. The molecule has 0 spiro atoms. The van der Waals surface area contributed by atoms with E-state index in [0.29, 0.717) is 29.4 Å². The van der Waals surface area contributed by atoms with Gasteiger partial charge in [-0.1, -0.05) is 23.7 Å². The molecule has 6 heteroatoms. The van der Waals surface area contributed by atoms with Crippen molar-refractivity contribution in [2.24, 2.45) is 5.92 Å². The molecule has 1 aromatic carbocycles. The topological polar surface area (TPSA) is 66.6 Å². The number of halogens is 1. The number of amides is 1. The number of hydrogen-bond acceptors (Lipinski definition) is 4. The number of benzene rings is 1. The highest BCUT2D eigenvalue weighted by Gasteiger charge is 2.28. The summed E-state index contributed by atoms with van der Waals surface area (Å²) in [6.45, 7) is 1.43. The molecule has 116 valence electrons. The number of carbonyl (C=O) groups excluding carboxylic acids is 1. The number of rotatable bonds is 3. The lowest BCUT2D eigenvalue weighted by Crippen LogP contribution is -2.39. The smallest absolute Gasteiger partial charge is 0.276 e. The van der Waals surface area contributed by atoms with Crippen LogP contribution in [-0.2, 0) is 0 Å². The first kappa shape index (κ1) is 15.1. The van der Waals surface area contributed by atoms with Crippen LogP contribution in [0.2, 0.25) is 5.02 Å². The molecular formula is C16H17ClN2O3. The Morgan fingerprint density at radius 2 is 2.09 bits per heavy atom. The second-order valence-corrected chi connectivity index (χ2v) is 5.84. The maximum atomic E-state index is 12.7. The van der Waals surface area contributed by atoms with Crippen molar-refractivity contribution in [3.63, 3.8) is 0 Å². The fourth-order valence-corrected chi connectivity index (χ4v) is 2.92. The third-order valence-corrected chi connectivity index (χ3v) is 4.38. The molecule has 1 aliphatic rings. The van der Waals surface area contributed by atoms with Crippen molar-refractivity contribution in [1.82, 2.24) is 9.88 Å². The molecule has 3 rings (SSSR count). The van der Waals surface area contributed by atoms with Gasteiger partial charge in [-0.15, -0.1) is 0 Å². The summed E-state index contributed by atoms with van der Waals surface area (Å²) < 4.78 is 5.40. The van der Waals surface area contributed by atoms with Gasteiger partial charge in [0.1, 0.15) is 0 Å². The van der Waals surface area contributed by atoms with E-state index in [9.17, 15) is 9.90 Å². The van der Waals surface area contributed by atoms with E-state index >= 15 is 0 Å². The van der Waals surface area contributed by atoms with Gasteiger partial charge in [-0.25, -0.2) is 4.98 Å². The zero-order valence-electron chi connectivity index (χ0n) is 12.0. The molecule has 0 saturated carbocycles. The molecule has 1 amide bonds. The summed E-state index contributed by atoms with van der Waals surface area (Å²) in [5, 5.41) is 9.70. The lowest BCUT2D eigenvalue weighted by molar-refractivity contribution is 0.0646. The van der Waals surface area contributed by atoms with Gasteiger partial charge >= 0.3 is 0 Å². The molecule has 0 radical (unpaired) electrons. The van der Waals surface area contributed by atoms with Crippen molar-refractivity contribution in [2.45, 2.75) is 12.8 Å². The van der Waals surface area contributed by atoms with Crippen LogP contribution in [0.5, 0.6) is 0 Å². The number of piperidine rings is 1. The van der Waals surface area contributed by atoms with Gasteiger partial charge in [0.05, 0.1) is 5.02 Å². The fourth-order valence-electron chi connectivity index (χ4n) is 2.70. The molecule has 2 aromatic rings. The number of aliphatic hydroxyl groups is 1. The SMILES string of the molecule is O=C(c1ncoc1-c1ccccc1Cl)N1CCC(CO)CC1. The number of hydrogen-bond donors (Lipinski definition) is 1. The largest absolute Gasteiger partial charge is 0.443 e. The number of aliphatic hydroxyl groups excluding tert-OH is 1. The summed E-state index contributed by atoms with van der Waals surface area (Å²) in [5.74, 6) is 0.532. The van der Waals surface area contributed by atoms with Crippen molar-refractivity contribution in [3.8, 4) is 11.3 Å². The van der Waals surface area contributed by atoms with E-state index in [-0.39, 0.29) is 24.1 Å². The second kappa shape index (κ2) is 6.50. The van der Waals surface area contributed by atoms with Crippen LogP contribution >= 0.6 is 11.6 Å². The third-order valence-electron chi connectivity index (χ3n) is 4.05. The Bertz CT molecular complexity index is 663. The zero-order valence-corrected chi connectivity index (χ0v) is 12.8. The van der Waals surface area contributed by atoms with Crippen molar-refractivity contribution >= 4 is 17.5 Å². The Labute approximate surface area is 133 Å². The van der Waals surface area contributed by atoms with Gasteiger partial charge < -0.3 is 14.4 Å². The van der Waals surface area contributed by atoms with E-state index in [0.717, 1.165) is 12.8 Å². The minimum absolute atomic E-state index is 0.153. The fraction of sp³-hybridized carbons (Fsp3) is 0.375. The second-order valence-electron chi connectivity index (χ2n) is 5.43. The Balaban J connectivity index is 1.83. The summed E-state index contributed by atoms with van der Waals surface area (Å²) in [5.41, 5.74) is 0.950. The van der Waals surface area contributed by atoms with Gasteiger partial charge in [0.15, 0.2) is 17.8 Å². The third kappa shape index (κ3) is 2.87.